The summed E-state index contributed by atoms with van der Waals surface area (Å²) >= 11 is 0. The van der Waals surface area contributed by atoms with Gasteiger partial charge < -0.3 is 4.43 Å². The van der Waals surface area contributed by atoms with Gasteiger partial charge in [-0.1, -0.05) is 43.7 Å². The first-order chi connectivity index (χ1) is 7.42. The molecule has 0 radical (unpaired) electrons. The van der Waals surface area contributed by atoms with Crippen molar-refractivity contribution >= 4 is 9.04 Å². The van der Waals surface area contributed by atoms with E-state index in [1.54, 1.807) is 0 Å². The molecular formula is C13H20OSi. The average Bonchev–Trinajstić information content (AvgIpc) is 2.33. The molecule has 0 bridgehead atoms. The Hall–Kier alpha value is -0.603. The van der Waals surface area contributed by atoms with Crippen molar-refractivity contribution in [2.75, 3.05) is 6.61 Å². The van der Waals surface area contributed by atoms with Crippen molar-refractivity contribution in [1.29, 1.82) is 0 Å². The third-order valence-corrected chi connectivity index (χ3v) is 6.73. The number of hydrogen-bond donors (Lipinski definition) is 0. The lowest BCUT2D eigenvalue weighted by Gasteiger charge is -2.28. The average molecular weight is 220 g/mol. The van der Waals surface area contributed by atoms with Gasteiger partial charge in [0.1, 0.15) is 0 Å². The summed E-state index contributed by atoms with van der Waals surface area (Å²) in [5, 5.41) is 0. The van der Waals surface area contributed by atoms with Gasteiger partial charge in [-0.05, 0) is 24.4 Å². The maximum atomic E-state index is 6.02. The van der Waals surface area contributed by atoms with Gasteiger partial charge in [0.15, 0.2) is 9.04 Å². The van der Waals surface area contributed by atoms with Crippen molar-refractivity contribution in [2.45, 2.75) is 37.8 Å². The molecule has 2 heteroatoms. The van der Waals surface area contributed by atoms with Gasteiger partial charge in [0, 0.05) is 12.1 Å². The van der Waals surface area contributed by atoms with E-state index in [1.807, 2.05) is 0 Å². The van der Waals surface area contributed by atoms with Gasteiger partial charge in [0.2, 0.25) is 0 Å². The van der Waals surface area contributed by atoms with Crippen LogP contribution < -0.4 is 0 Å². The van der Waals surface area contributed by atoms with E-state index in [0.717, 1.165) is 12.1 Å². The van der Waals surface area contributed by atoms with Gasteiger partial charge in [-0.25, -0.2) is 0 Å². The summed E-state index contributed by atoms with van der Waals surface area (Å²) in [6, 6.07) is 12.3. The van der Waals surface area contributed by atoms with Crippen molar-refractivity contribution in [2.24, 2.45) is 0 Å². The predicted molar refractivity (Wildman–Crippen MR) is 66.6 cm³/mol. The van der Waals surface area contributed by atoms with E-state index in [0.29, 0.717) is 0 Å². The minimum Gasteiger partial charge on any atom is -0.419 e. The van der Waals surface area contributed by atoms with Crippen LogP contribution in [-0.4, -0.2) is 15.6 Å². The Bertz CT molecular complexity index is 280. The molecule has 0 amide bonds. The van der Waals surface area contributed by atoms with E-state index >= 15 is 0 Å². The molecule has 0 saturated carbocycles. The molecule has 1 fully saturated rings. The Morgan fingerprint density at radius 3 is 2.67 bits per heavy atom. The first-order valence-electron chi connectivity index (χ1n) is 6.08. The second kappa shape index (κ2) is 5.47. The zero-order valence-electron chi connectivity index (χ0n) is 9.49. The van der Waals surface area contributed by atoms with Crippen LogP contribution in [0.1, 0.15) is 37.3 Å². The van der Waals surface area contributed by atoms with Gasteiger partial charge in [-0.2, -0.15) is 0 Å². The molecule has 1 aliphatic rings. The second-order valence-electron chi connectivity index (χ2n) is 4.33. The maximum absolute atomic E-state index is 6.02. The number of benzene rings is 1. The lowest BCUT2D eigenvalue weighted by molar-refractivity contribution is 0.279. The molecule has 2 atom stereocenters. The summed E-state index contributed by atoms with van der Waals surface area (Å²) in [7, 11) is -0.968. The Kier molecular flexibility index (Phi) is 3.98. The van der Waals surface area contributed by atoms with Crippen LogP contribution >= 0.6 is 0 Å². The molecule has 0 spiro atoms. The normalized spacial score (nSPS) is 23.7. The highest BCUT2D eigenvalue weighted by Gasteiger charge is 2.26. The summed E-state index contributed by atoms with van der Waals surface area (Å²) in [6.45, 7) is 3.31. The zero-order chi connectivity index (χ0) is 10.5. The predicted octanol–water partition coefficient (Wildman–Crippen LogP) is 3.25. The van der Waals surface area contributed by atoms with Crippen molar-refractivity contribution in [3.8, 4) is 0 Å². The maximum Gasteiger partial charge on any atom is 0.184 e. The van der Waals surface area contributed by atoms with E-state index in [2.05, 4.69) is 37.3 Å². The topological polar surface area (TPSA) is 9.23 Å². The van der Waals surface area contributed by atoms with Crippen LogP contribution in [0.25, 0.3) is 0 Å². The molecule has 1 aromatic rings. The molecule has 0 aliphatic carbocycles. The lowest BCUT2D eigenvalue weighted by Crippen LogP contribution is -2.30. The summed E-state index contributed by atoms with van der Waals surface area (Å²) < 4.78 is 6.02. The number of rotatable bonds is 3. The molecule has 2 rings (SSSR count). The van der Waals surface area contributed by atoms with E-state index < -0.39 is 9.04 Å². The van der Waals surface area contributed by atoms with Crippen LogP contribution in [0.4, 0.5) is 0 Å². The van der Waals surface area contributed by atoms with E-state index in [-0.39, 0.29) is 0 Å². The van der Waals surface area contributed by atoms with Crippen LogP contribution in [0.15, 0.2) is 30.3 Å². The van der Waals surface area contributed by atoms with Gasteiger partial charge in [-0.3, -0.25) is 0 Å². The monoisotopic (exact) mass is 220 g/mol. The standard InChI is InChI=1S/C13H20OSi/c1-2-13(12-8-4-3-5-9-12)15-11-7-6-10-14-15/h3-5,8-9,13,15H,2,6-7,10-11H2,1H3. The molecule has 0 aromatic heterocycles. The molecule has 2 unspecified atom stereocenters. The third-order valence-electron chi connectivity index (χ3n) is 3.33. The highest BCUT2D eigenvalue weighted by molar-refractivity contribution is 6.53. The Morgan fingerprint density at radius 1 is 1.27 bits per heavy atom. The molecular weight excluding hydrogens is 200 g/mol. The summed E-state index contributed by atoms with van der Waals surface area (Å²) in [5.41, 5.74) is 2.23. The first kappa shape index (κ1) is 10.9. The smallest absolute Gasteiger partial charge is 0.184 e. The summed E-state index contributed by atoms with van der Waals surface area (Å²) in [5.74, 6) is 0. The molecule has 1 aliphatic heterocycles. The molecule has 1 nitrogen and oxygen atoms in total. The van der Waals surface area contributed by atoms with Crippen molar-refractivity contribution in [1.82, 2.24) is 0 Å². The van der Waals surface area contributed by atoms with Gasteiger partial charge in [0.25, 0.3) is 0 Å². The van der Waals surface area contributed by atoms with E-state index in [4.69, 9.17) is 4.43 Å². The largest absolute Gasteiger partial charge is 0.419 e. The molecule has 1 heterocycles. The minimum absolute atomic E-state index is 0.728. The molecule has 1 aromatic carbocycles. The zero-order valence-corrected chi connectivity index (χ0v) is 10.6. The van der Waals surface area contributed by atoms with Crippen molar-refractivity contribution in [3.63, 3.8) is 0 Å². The quantitative estimate of drug-likeness (QED) is 0.711. The highest BCUT2D eigenvalue weighted by atomic mass is 28.3. The van der Waals surface area contributed by atoms with Crippen molar-refractivity contribution in [3.05, 3.63) is 35.9 Å². The Balaban J connectivity index is 2.09. The fraction of sp³-hybridized carbons (Fsp3) is 0.538. The summed E-state index contributed by atoms with van der Waals surface area (Å²) in [4.78, 5) is 0. The molecule has 15 heavy (non-hydrogen) atoms. The highest BCUT2D eigenvalue weighted by Crippen LogP contribution is 2.28. The van der Waals surface area contributed by atoms with Crippen LogP contribution in [0.2, 0.25) is 6.04 Å². The Labute approximate surface area is 94.2 Å². The fourth-order valence-corrected chi connectivity index (χ4v) is 5.64. The molecule has 82 valence electrons. The lowest BCUT2D eigenvalue weighted by atomic mass is 10.1. The van der Waals surface area contributed by atoms with Gasteiger partial charge in [0.05, 0.1) is 0 Å². The van der Waals surface area contributed by atoms with E-state index in [9.17, 15) is 0 Å². The van der Waals surface area contributed by atoms with Crippen LogP contribution in [0, 0.1) is 0 Å². The van der Waals surface area contributed by atoms with Crippen LogP contribution in [-0.2, 0) is 4.43 Å². The van der Waals surface area contributed by atoms with Crippen LogP contribution in [0.5, 0.6) is 0 Å². The number of hydrogen-bond acceptors (Lipinski definition) is 1. The summed E-state index contributed by atoms with van der Waals surface area (Å²) in [6.07, 6.45) is 3.90. The van der Waals surface area contributed by atoms with Crippen molar-refractivity contribution < 1.29 is 4.43 Å². The SMILES string of the molecule is CCC(c1ccccc1)[SiH]1CCCCO1. The third kappa shape index (κ3) is 2.70. The van der Waals surface area contributed by atoms with E-state index in [1.165, 1.54) is 30.9 Å². The molecule has 0 N–H and O–H groups in total. The Morgan fingerprint density at radius 2 is 2.07 bits per heavy atom. The fourth-order valence-electron chi connectivity index (χ4n) is 2.50. The first-order valence-corrected chi connectivity index (χ1v) is 8.04. The minimum atomic E-state index is -0.968. The van der Waals surface area contributed by atoms with Gasteiger partial charge >= 0.3 is 0 Å². The van der Waals surface area contributed by atoms with Gasteiger partial charge in [-0.15, -0.1) is 0 Å². The second-order valence-corrected chi connectivity index (χ2v) is 7.12. The molecule has 1 saturated heterocycles. The van der Waals surface area contributed by atoms with Crippen LogP contribution in [0.3, 0.4) is 0 Å².